The largest absolute Gasteiger partial charge is 0.478 e. The second-order valence-electron chi connectivity index (χ2n) is 4.61. The summed E-state index contributed by atoms with van der Waals surface area (Å²) in [7, 11) is 1.75. The molecule has 5 heteroatoms. The predicted octanol–water partition coefficient (Wildman–Crippen LogP) is 2.86. The zero-order valence-corrected chi connectivity index (χ0v) is 11.3. The van der Waals surface area contributed by atoms with E-state index in [4.69, 9.17) is 5.11 Å². The molecule has 1 aromatic heterocycles. The number of carboxylic acid groups (broad SMARTS) is 1. The lowest BCUT2D eigenvalue weighted by molar-refractivity contribution is 0.0696. The van der Waals surface area contributed by atoms with Gasteiger partial charge in [-0.15, -0.1) is 0 Å². The van der Waals surface area contributed by atoms with Crippen LogP contribution in [0.5, 0.6) is 0 Å². The van der Waals surface area contributed by atoms with Gasteiger partial charge in [-0.1, -0.05) is 18.2 Å². The standard InChI is InChI=1S/C15H15FN2O2/c1-10-7-12(15(19)20)8-14(17-10)18(2)9-11-5-3-4-6-13(11)16/h3-8H,9H2,1-2H3,(H,19,20). The van der Waals surface area contributed by atoms with Crippen LogP contribution in [0.4, 0.5) is 10.2 Å². The van der Waals surface area contributed by atoms with E-state index in [1.807, 2.05) is 0 Å². The summed E-state index contributed by atoms with van der Waals surface area (Å²) < 4.78 is 13.6. The molecule has 0 spiro atoms. The molecule has 20 heavy (non-hydrogen) atoms. The van der Waals surface area contributed by atoms with Crippen LogP contribution in [0.3, 0.4) is 0 Å². The van der Waals surface area contributed by atoms with E-state index in [2.05, 4.69) is 4.98 Å². The van der Waals surface area contributed by atoms with Crippen LogP contribution in [0.25, 0.3) is 0 Å². The van der Waals surface area contributed by atoms with Crippen molar-refractivity contribution in [2.24, 2.45) is 0 Å². The molecule has 2 rings (SSSR count). The Morgan fingerprint density at radius 3 is 2.70 bits per heavy atom. The fraction of sp³-hybridized carbons (Fsp3) is 0.200. The number of aromatic nitrogens is 1. The van der Waals surface area contributed by atoms with Crippen molar-refractivity contribution in [2.45, 2.75) is 13.5 Å². The van der Waals surface area contributed by atoms with E-state index in [1.165, 1.54) is 18.2 Å². The number of benzene rings is 1. The lowest BCUT2D eigenvalue weighted by Gasteiger charge is -2.19. The Morgan fingerprint density at radius 2 is 2.05 bits per heavy atom. The molecule has 0 aliphatic heterocycles. The number of hydrogen-bond donors (Lipinski definition) is 1. The number of anilines is 1. The van der Waals surface area contributed by atoms with E-state index in [1.54, 1.807) is 37.1 Å². The third-order valence-electron chi connectivity index (χ3n) is 2.94. The summed E-state index contributed by atoms with van der Waals surface area (Å²) in [6, 6.07) is 9.47. The molecule has 1 N–H and O–H groups in total. The molecule has 2 aromatic rings. The van der Waals surface area contributed by atoms with Crippen LogP contribution in [0.2, 0.25) is 0 Å². The van der Waals surface area contributed by atoms with Crippen molar-refractivity contribution in [1.82, 2.24) is 4.98 Å². The highest BCUT2D eigenvalue weighted by Crippen LogP contribution is 2.17. The van der Waals surface area contributed by atoms with E-state index < -0.39 is 5.97 Å². The van der Waals surface area contributed by atoms with Crippen molar-refractivity contribution in [3.63, 3.8) is 0 Å². The first-order valence-corrected chi connectivity index (χ1v) is 6.14. The maximum Gasteiger partial charge on any atom is 0.335 e. The van der Waals surface area contributed by atoms with Crippen molar-refractivity contribution >= 4 is 11.8 Å². The maximum absolute atomic E-state index is 13.6. The average molecular weight is 274 g/mol. The minimum Gasteiger partial charge on any atom is -0.478 e. The second-order valence-corrected chi connectivity index (χ2v) is 4.61. The SMILES string of the molecule is Cc1cc(C(=O)O)cc(N(C)Cc2ccccc2F)n1. The van der Waals surface area contributed by atoms with Crippen LogP contribution >= 0.6 is 0 Å². The van der Waals surface area contributed by atoms with Crippen molar-refractivity contribution in [3.8, 4) is 0 Å². The van der Waals surface area contributed by atoms with Gasteiger partial charge < -0.3 is 10.0 Å². The highest BCUT2D eigenvalue weighted by Gasteiger charge is 2.11. The molecule has 0 aliphatic rings. The molecule has 1 heterocycles. The minimum atomic E-state index is -1.00. The van der Waals surface area contributed by atoms with Gasteiger partial charge in [0, 0.05) is 24.8 Å². The van der Waals surface area contributed by atoms with E-state index in [0.29, 0.717) is 23.6 Å². The summed E-state index contributed by atoms with van der Waals surface area (Å²) >= 11 is 0. The monoisotopic (exact) mass is 274 g/mol. The number of carboxylic acids is 1. The first-order valence-electron chi connectivity index (χ1n) is 6.14. The summed E-state index contributed by atoms with van der Waals surface area (Å²) in [6.45, 7) is 2.05. The minimum absolute atomic E-state index is 0.174. The zero-order valence-electron chi connectivity index (χ0n) is 11.3. The molecule has 0 atom stereocenters. The Kier molecular flexibility index (Phi) is 3.98. The Morgan fingerprint density at radius 1 is 1.35 bits per heavy atom. The van der Waals surface area contributed by atoms with Crippen LogP contribution in [-0.4, -0.2) is 23.1 Å². The van der Waals surface area contributed by atoms with Crippen molar-refractivity contribution < 1.29 is 14.3 Å². The van der Waals surface area contributed by atoms with Crippen LogP contribution in [-0.2, 0) is 6.54 Å². The maximum atomic E-state index is 13.6. The third kappa shape index (κ3) is 3.12. The topological polar surface area (TPSA) is 53.4 Å². The van der Waals surface area contributed by atoms with Gasteiger partial charge in [0.1, 0.15) is 11.6 Å². The molecule has 0 bridgehead atoms. The molecular weight excluding hydrogens is 259 g/mol. The quantitative estimate of drug-likeness (QED) is 0.931. The van der Waals surface area contributed by atoms with Crippen LogP contribution < -0.4 is 4.90 Å². The number of rotatable bonds is 4. The smallest absolute Gasteiger partial charge is 0.335 e. The fourth-order valence-electron chi connectivity index (χ4n) is 1.93. The van der Waals surface area contributed by atoms with Crippen LogP contribution in [0.15, 0.2) is 36.4 Å². The zero-order chi connectivity index (χ0) is 14.7. The number of carbonyl (C=O) groups is 1. The van der Waals surface area contributed by atoms with E-state index in [9.17, 15) is 9.18 Å². The van der Waals surface area contributed by atoms with E-state index in [-0.39, 0.29) is 11.4 Å². The van der Waals surface area contributed by atoms with Crippen molar-refractivity contribution in [2.75, 3.05) is 11.9 Å². The normalized spacial score (nSPS) is 10.3. The van der Waals surface area contributed by atoms with Crippen LogP contribution in [0.1, 0.15) is 21.6 Å². The summed E-state index contributed by atoms with van der Waals surface area (Å²) in [5.41, 5.74) is 1.32. The van der Waals surface area contributed by atoms with Gasteiger partial charge >= 0.3 is 5.97 Å². The molecule has 0 radical (unpaired) electrons. The molecule has 1 aromatic carbocycles. The number of aromatic carboxylic acids is 1. The predicted molar refractivity (Wildman–Crippen MR) is 74.4 cm³/mol. The van der Waals surface area contributed by atoms with Gasteiger partial charge in [0.25, 0.3) is 0 Å². The number of nitrogens with zero attached hydrogens (tertiary/aromatic N) is 2. The third-order valence-corrected chi connectivity index (χ3v) is 2.94. The van der Waals surface area contributed by atoms with Crippen molar-refractivity contribution in [3.05, 3.63) is 59.0 Å². The van der Waals surface area contributed by atoms with Gasteiger partial charge in [-0.3, -0.25) is 0 Å². The summed E-state index contributed by atoms with van der Waals surface area (Å²) in [4.78, 5) is 17.0. The van der Waals surface area contributed by atoms with Gasteiger partial charge in [0.2, 0.25) is 0 Å². The summed E-state index contributed by atoms with van der Waals surface area (Å²) in [5, 5.41) is 9.04. The summed E-state index contributed by atoms with van der Waals surface area (Å²) in [5.74, 6) is -0.785. The van der Waals surface area contributed by atoms with Gasteiger partial charge in [-0.05, 0) is 25.1 Å². The molecule has 4 nitrogen and oxygen atoms in total. The molecule has 0 fully saturated rings. The molecule has 0 aliphatic carbocycles. The van der Waals surface area contributed by atoms with Crippen molar-refractivity contribution in [1.29, 1.82) is 0 Å². The van der Waals surface area contributed by atoms with Gasteiger partial charge in [-0.25, -0.2) is 14.2 Å². The number of halogens is 1. The number of hydrogen-bond acceptors (Lipinski definition) is 3. The highest BCUT2D eigenvalue weighted by molar-refractivity contribution is 5.88. The van der Waals surface area contributed by atoms with E-state index >= 15 is 0 Å². The Labute approximate surface area is 116 Å². The van der Waals surface area contributed by atoms with Gasteiger partial charge in [0.05, 0.1) is 5.56 Å². The highest BCUT2D eigenvalue weighted by atomic mass is 19.1. The van der Waals surface area contributed by atoms with Gasteiger partial charge in [-0.2, -0.15) is 0 Å². The van der Waals surface area contributed by atoms with Gasteiger partial charge in [0.15, 0.2) is 0 Å². The molecular formula is C15H15FN2O2. The first-order chi connectivity index (χ1) is 9.47. The Balaban J connectivity index is 2.27. The molecule has 0 amide bonds. The Hall–Kier alpha value is -2.43. The second kappa shape index (κ2) is 5.69. The molecule has 0 saturated carbocycles. The van der Waals surface area contributed by atoms with Crippen LogP contribution in [0, 0.1) is 12.7 Å². The number of pyridine rings is 1. The first kappa shape index (κ1) is 14.0. The molecule has 0 unspecified atom stereocenters. The van der Waals surface area contributed by atoms with E-state index in [0.717, 1.165) is 0 Å². The fourth-order valence-corrected chi connectivity index (χ4v) is 1.93. The molecule has 104 valence electrons. The summed E-state index contributed by atoms with van der Waals surface area (Å²) in [6.07, 6.45) is 0. The average Bonchev–Trinajstić information content (AvgIpc) is 2.40. The molecule has 0 saturated heterocycles. The lowest BCUT2D eigenvalue weighted by atomic mass is 10.2. The lowest BCUT2D eigenvalue weighted by Crippen LogP contribution is -2.19. The number of aryl methyl sites for hydroxylation is 1. The Bertz CT molecular complexity index is 644.